The number of hydrogen-bond donors (Lipinski definition) is 2. The van der Waals surface area contributed by atoms with E-state index in [1.54, 1.807) is 24.3 Å². The third-order valence-electron chi connectivity index (χ3n) is 4.21. The summed E-state index contributed by atoms with van der Waals surface area (Å²) in [4.78, 5) is 12.2. The molecule has 0 bridgehead atoms. The molecular formula is C18H21N3O3S. The molecule has 0 unspecified atom stereocenters. The van der Waals surface area contributed by atoms with Gasteiger partial charge in [-0.2, -0.15) is 0 Å². The molecule has 0 aromatic heterocycles. The fourth-order valence-electron chi connectivity index (χ4n) is 2.89. The van der Waals surface area contributed by atoms with Gasteiger partial charge < -0.3 is 11.1 Å². The van der Waals surface area contributed by atoms with Crippen LogP contribution in [0.3, 0.4) is 0 Å². The third-order valence-corrected chi connectivity index (χ3v) is 6.06. The minimum absolute atomic E-state index is 0.163. The van der Waals surface area contributed by atoms with Crippen molar-refractivity contribution in [3.05, 3.63) is 53.6 Å². The Morgan fingerprint density at radius 3 is 2.56 bits per heavy atom. The molecule has 6 nitrogen and oxygen atoms in total. The number of carbonyl (C=O) groups excluding carboxylic acids is 1. The molecule has 3 rings (SSSR count). The van der Waals surface area contributed by atoms with Gasteiger partial charge in [0.15, 0.2) is 0 Å². The van der Waals surface area contributed by atoms with Crippen LogP contribution in [0.15, 0.2) is 42.5 Å². The highest BCUT2D eigenvalue weighted by atomic mass is 32.2. The zero-order valence-electron chi connectivity index (χ0n) is 14.0. The van der Waals surface area contributed by atoms with Crippen LogP contribution in [-0.2, 0) is 21.2 Å². The van der Waals surface area contributed by atoms with Crippen LogP contribution in [-0.4, -0.2) is 26.6 Å². The summed E-state index contributed by atoms with van der Waals surface area (Å²) in [5, 5.41) is 2.83. The minimum Gasteiger partial charge on any atom is -0.399 e. The standard InChI is InChI=1S/C18H21N3O3S/c1-13-3-8-16(12-17(13)21-9-2-10-25(21,23)24)20-18(22)11-14-4-6-15(19)7-5-14/h3-8,12H,2,9-11,19H2,1H3,(H,20,22). The molecule has 2 aromatic rings. The summed E-state index contributed by atoms with van der Waals surface area (Å²) in [5.74, 6) is 0.00373. The topological polar surface area (TPSA) is 92.5 Å². The molecule has 0 atom stereocenters. The fourth-order valence-corrected chi connectivity index (χ4v) is 4.51. The van der Waals surface area contributed by atoms with Crippen LogP contribution < -0.4 is 15.4 Å². The number of amides is 1. The van der Waals surface area contributed by atoms with Crippen LogP contribution in [0.25, 0.3) is 0 Å². The maximum absolute atomic E-state index is 12.2. The normalized spacial score (nSPS) is 16.0. The lowest BCUT2D eigenvalue weighted by molar-refractivity contribution is -0.115. The van der Waals surface area contributed by atoms with E-state index in [9.17, 15) is 13.2 Å². The first kappa shape index (κ1) is 17.3. The van der Waals surface area contributed by atoms with Gasteiger partial charge in [-0.05, 0) is 48.7 Å². The van der Waals surface area contributed by atoms with Crippen molar-refractivity contribution in [2.45, 2.75) is 19.8 Å². The molecular weight excluding hydrogens is 338 g/mol. The maximum atomic E-state index is 12.2. The first-order valence-corrected chi connectivity index (χ1v) is 9.71. The van der Waals surface area contributed by atoms with Gasteiger partial charge >= 0.3 is 0 Å². The molecule has 2 aromatic carbocycles. The van der Waals surface area contributed by atoms with Gasteiger partial charge in [-0.3, -0.25) is 9.10 Å². The zero-order valence-corrected chi connectivity index (χ0v) is 14.8. The van der Waals surface area contributed by atoms with Crippen molar-refractivity contribution in [3.8, 4) is 0 Å². The van der Waals surface area contributed by atoms with Gasteiger partial charge in [0.1, 0.15) is 0 Å². The molecule has 1 aliphatic rings. The molecule has 1 saturated heterocycles. The molecule has 0 spiro atoms. The quantitative estimate of drug-likeness (QED) is 0.819. The van der Waals surface area contributed by atoms with Gasteiger partial charge in [-0.25, -0.2) is 8.42 Å². The Bertz CT molecular complexity index is 892. The highest BCUT2D eigenvalue weighted by molar-refractivity contribution is 7.93. The molecule has 0 radical (unpaired) electrons. The second kappa shape index (κ2) is 6.76. The summed E-state index contributed by atoms with van der Waals surface area (Å²) in [6, 6.07) is 12.5. The molecule has 132 valence electrons. The number of nitrogens with one attached hydrogen (secondary N) is 1. The predicted octanol–water partition coefficient (Wildman–Crippen LogP) is 2.30. The fraction of sp³-hybridized carbons (Fsp3) is 0.278. The Hall–Kier alpha value is -2.54. The summed E-state index contributed by atoms with van der Waals surface area (Å²) in [5.41, 5.74) is 9.23. The molecule has 25 heavy (non-hydrogen) atoms. The number of anilines is 3. The number of nitrogens with zero attached hydrogens (tertiary/aromatic N) is 1. The SMILES string of the molecule is Cc1ccc(NC(=O)Cc2ccc(N)cc2)cc1N1CCCS1(=O)=O. The van der Waals surface area contributed by atoms with E-state index in [2.05, 4.69) is 5.32 Å². The number of nitrogen functional groups attached to an aromatic ring is 1. The van der Waals surface area contributed by atoms with Gasteiger partial charge in [0.25, 0.3) is 0 Å². The van der Waals surface area contributed by atoms with Gasteiger partial charge in [-0.15, -0.1) is 0 Å². The van der Waals surface area contributed by atoms with E-state index in [-0.39, 0.29) is 18.1 Å². The first-order chi connectivity index (χ1) is 11.8. The van der Waals surface area contributed by atoms with Crippen molar-refractivity contribution in [3.63, 3.8) is 0 Å². The Morgan fingerprint density at radius 1 is 1.20 bits per heavy atom. The average Bonchev–Trinajstić information content (AvgIpc) is 2.90. The van der Waals surface area contributed by atoms with Crippen molar-refractivity contribution in [1.29, 1.82) is 0 Å². The Morgan fingerprint density at radius 2 is 1.92 bits per heavy atom. The predicted molar refractivity (Wildman–Crippen MR) is 100 cm³/mol. The summed E-state index contributed by atoms with van der Waals surface area (Å²) in [7, 11) is -3.25. The zero-order chi connectivity index (χ0) is 18.0. The van der Waals surface area contributed by atoms with E-state index in [1.165, 1.54) is 4.31 Å². The van der Waals surface area contributed by atoms with Crippen LogP contribution in [0.5, 0.6) is 0 Å². The monoisotopic (exact) mass is 359 g/mol. The van der Waals surface area contributed by atoms with Crippen LogP contribution in [0.1, 0.15) is 17.5 Å². The van der Waals surface area contributed by atoms with E-state index < -0.39 is 10.0 Å². The van der Waals surface area contributed by atoms with Crippen molar-refractivity contribution in [1.82, 2.24) is 0 Å². The number of nitrogens with two attached hydrogens (primary N) is 1. The van der Waals surface area contributed by atoms with Crippen molar-refractivity contribution < 1.29 is 13.2 Å². The Kier molecular flexibility index (Phi) is 4.67. The van der Waals surface area contributed by atoms with Crippen molar-refractivity contribution in [2.75, 3.05) is 27.7 Å². The Labute approximate surface area is 147 Å². The van der Waals surface area contributed by atoms with E-state index in [4.69, 9.17) is 5.73 Å². The average molecular weight is 359 g/mol. The second-order valence-electron chi connectivity index (χ2n) is 6.21. The number of hydrogen-bond acceptors (Lipinski definition) is 4. The third kappa shape index (κ3) is 3.93. The number of aryl methyl sites for hydroxylation is 1. The minimum atomic E-state index is -3.25. The lowest BCUT2D eigenvalue weighted by Crippen LogP contribution is -2.26. The number of rotatable bonds is 4. The second-order valence-corrected chi connectivity index (χ2v) is 8.22. The van der Waals surface area contributed by atoms with E-state index in [1.807, 2.05) is 25.1 Å². The summed E-state index contributed by atoms with van der Waals surface area (Å²) >= 11 is 0. The summed E-state index contributed by atoms with van der Waals surface area (Å²) in [6.45, 7) is 2.34. The van der Waals surface area contributed by atoms with Gasteiger partial charge in [-0.1, -0.05) is 18.2 Å². The van der Waals surface area contributed by atoms with Crippen molar-refractivity contribution in [2.24, 2.45) is 0 Å². The highest BCUT2D eigenvalue weighted by Crippen LogP contribution is 2.30. The van der Waals surface area contributed by atoms with Crippen molar-refractivity contribution >= 4 is 33.0 Å². The molecule has 1 amide bonds. The maximum Gasteiger partial charge on any atom is 0.235 e. The van der Waals surface area contributed by atoms with E-state index >= 15 is 0 Å². The van der Waals surface area contributed by atoms with Gasteiger partial charge in [0, 0.05) is 17.9 Å². The van der Waals surface area contributed by atoms with Gasteiger partial charge in [0.2, 0.25) is 15.9 Å². The molecule has 1 fully saturated rings. The summed E-state index contributed by atoms with van der Waals surface area (Å²) < 4.78 is 25.7. The lowest BCUT2D eigenvalue weighted by atomic mass is 10.1. The van der Waals surface area contributed by atoms with E-state index in [0.29, 0.717) is 30.0 Å². The molecule has 0 saturated carbocycles. The smallest absolute Gasteiger partial charge is 0.235 e. The van der Waals surface area contributed by atoms with Crippen LogP contribution in [0.4, 0.5) is 17.1 Å². The summed E-state index contributed by atoms with van der Waals surface area (Å²) in [6.07, 6.45) is 0.848. The molecule has 7 heteroatoms. The Balaban J connectivity index is 1.76. The van der Waals surface area contributed by atoms with Crippen LogP contribution in [0.2, 0.25) is 0 Å². The highest BCUT2D eigenvalue weighted by Gasteiger charge is 2.29. The lowest BCUT2D eigenvalue weighted by Gasteiger charge is -2.20. The largest absolute Gasteiger partial charge is 0.399 e. The van der Waals surface area contributed by atoms with Crippen LogP contribution in [0, 0.1) is 6.92 Å². The molecule has 3 N–H and O–H groups in total. The number of sulfonamides is 1. The van der Waals surface area contributed by atoms with Gasteiger partial charge in [0.05, 0.1) is 17.9 Å². The molecule has 0 aliphatic carbocycles. The number of benzene rings is 2. The molecule has 1 heterocycles. The van der Waals surface area contributed by atoms with E-state index in [0.717, 1.165) is 11.1 Å². The molecule has 1 aliphatic heterocycles. The first-order valence-electron chi connectivity index (χ1n) is 8.10. The number of carbonyl (C=O) groups is 1. The van der Waals surface area contributed by atoms with Crippen LogP contribution >= 0.6 is 0 Å².